The largest absolute Gasteiger partial charge is 0.465 e. The number of benzene rings is 1. The molecule has 1 unspecified atom stereocenters. The number of carbonyl (C=O) groups excluding carboxylic acids is 1. The normalized spacial score (nSPS) is 11.8. The van der Waals surface area contributed by atoms with Crippen LogP contribution in [0, 0.1) is 0 Å². The SMILES string of the molecule is CCOC(=O)C(Cc1ccccc1)c1ccccn1. The quantitative estimate of drug-likeness (QED) is 0.771. The molecule has 0 aliphatic rings. The summed E-state index contributed by atoms with van der Waals surface area (Å²) in [6.45, 7) is 2.20. The summed E-state index contributed by atoms with van der Waals surface area (Å²) in [5.41, 5.74) is 1.86. The van der Waals surface area contributed by atoms with E-state index in [2.05, 4.69) is 4.98 Å². The lowest BCUT2D eigenvalue weighted by Gasteiger charge is -2.15. The molecule has 98 valence electrons. The first-order chi connectivity index (χ1) is 9.31. The molecule has 3 heteroatoms. The van der Waals surface area contributed by atoms with Gasteiger partial charge >= 0.3 is 5.97 Å². The Balaban J connectivity index is 2.22. The molecule has 0 bridgehead atoms. The predicted molar refractivity (Wildman–Crippen MR) is 73.8 cm³/mol. The fourth-order valence-corrected chi connectivity index (χ4v) is 1.98. The molecule has 19 heavy (non-hydrogen) atoms. The van der Waals surface area contributed by atoms with Crippen LogP contribution in [0.2, 0.25) is 0 Å². The van der Waals surface area contributed by atoms with Gasteiger partial charge in [-0.1, -0.05) is 36.4 Å². The second-order valence-corrected chi connectivity index (χ2v) is 4.25. The maximum atomic E-state index is 12.1. The zero-order valence-corrected chi connectivity index (χ0v) is 11.0. The summed E-state index contributed by atoms with van der Waals surface area (Å²) in [6, 6.07) is 15.5. The molecule has 0 saturated carbocycles. The number of hydrogen-bond donors (Lipinski definition) is 0. The molecular formula is C16H17NO2. The van der Waals surface area contributed by atoms with Crippen LogP contribution in [-0.2, 0) is 16.0 Å². The van der Waals surface area contributed by atoms with Crippen molar-refractivity contribution < 1.29 is 9.53 Å². The fourth-order valence-electron chi connectivity index (χ4n) is 1.98. The number of hydrogen-bond acceptors (Lipinski definition) is 3. The standard InChI is InChI=1S/C16H17NO2/c1-2-19-16(18)14(15-10-6-7-11-17-15)12-13-8-4-3-5-9-13/h3-11,14H,2,12H2,1H3. The van der Waals surface area contributed by atoms with E-state index in [9.17, 15) is 4.79 Å². The third-order valence-electron chi connectivity index (χ3n) is 2.90. The van der Waals surface area contributed by atoms with Gasteiger partial charge in [0.15, 0.2) is 0 Å². The molecule has 1 heterocycles. The molecule has 0 radical (unpaired) electrons. The number of esters is 1. The van der Waals surface area contributed by atoms with Crippen LogP contribution in [0.5, 0.6) is 0 Å². The summed E-state index contributed by atoms with van der Waals surface area (Å²) < 4.78 is 5.15. The highest BCUT2D eigenvalue weighted by atomic mass is 16.5. The van der Waals surface area contributed by atoms with Gasteiger partial charge in [0.25, 0.3) is 0 Å². The van der Waals surface area contributed by atoms with Crippen LogP contribution < -0.4 is 0 Å². The van der Waals surface area contributed by atoms with Gasteiger partial charge in [-0.05, 0) is 31.0 Å². The first-order valence-electron chi connectivity index (χ1n) is 6.42. The molecule has 0 saturated heterocycles. The molecule has 2 rings (SSSR count). The molecule has 0 fully saturated rings. The van der Waals surface area contributed by atoms with Gasteiger partial charge in [-0.25, -0.2) is 0 Å². The fraction of sp³-hybridized carbons (Fsp3) is 0.250. The maximum Gasteiger partial charge on any atom is 0.315 e. The average molecular weight is 255 g/mol. The minimum absolute atomic E-state index is 0.218. The van der Waals surface area contributed by atoms with Crippen molar-refractivity contribution in [3.63, 3.8) is 0 Å². The number of ether oxygens (including phenoxy) is 1. The molecule has 0 amide bonds. The Hall–Kier alpha value is -2.16. The first kappa shape index (κ1) is 13.3. The van der Waals surface area contributed by atoms with Crippen molar-refractivity contribution in [3.05, 3.63) is 66.0 Å². The van der Waals surface area contributed by atoms with E-state index in [0.29, 0.717) is 13.0 Å². The Kier molecular flexibility index (Phi) is 4.67. The van der Waals surface area contributed by atoms with Crippen LogP contribution in [0.4, 0.5) is 0 Å². The van der Waals surface area contributed by atoms with Gasteiger partial charge in [0.1, 0.15) is 5.92 Å². The monoisotopic (exact) mass is 255 g/mol. The Morgan fingerprint density at radius 1 is 1.16 bits per heavy atom. The second-order valence-electron chi connectivity index (χ2n) is 4.25. The average Bonchev–Trinajstić information content (AvgIpc) is 2.47. The van der Waals surface area contributed by atoms with Gasteiger partial charge in [0, 0.05) is 6.20 Å². The lowest BCUT2D eigenvalue weighted by atomic mass is 9.96. The summed E-state index contributed by atoms with van der Waals surface area (Å²) in [6.07, 6.45) is 2.31. The number of aromatic nitrogens is 1. The zero-order valence-electron chi connectivity index (χ0n) is 11.0. The van der Waals surface area contributed by atoms with Gasteiger partial charge in [-0.2, -0.15) is 0 Å². The summed E-state index contributed by atoms with van der Waals surface area (Å²) >= 11 is 0. The van der Waals surface area contributed by atoms with E-state index >= 15 is 0 Å². The summed E-state index contributed by atoms with van der Waals surface area (Å²) in [4.78, 5) is 16.4. The van der Waals surface area contributed by atoms with Crippen LogP contribution in [0.15, 0.2) is 54.7 Å². The number of nitrogens with zero attached hydrogens (tertiary/aromatic N) is 1. The van der Waals surface area contributed by atoms with Crippen molar-refractivity contribution in [3.8, 4) is 0 Å². The summed E-state index contributed by atoms with van der Waals surface area (Å²) in [5.74, 6) is -0.561. The molecule has 1 atom stereocenters. The van der Waals surface area contributed by atoms with Gasteiger partial charge in [0.2, 0.25) is 0 Å². The van der Waals surface area contributed by atoms with Crippen molar-refractivity contribution in [1.82, 2.24) is 4.98 Å². The van der Waals surface area contributed by atoms with Crippen LogP contribution >= 0.6 is 0 Å². The second kappa shape index (κ2) is 6.69. The lowest BCUT2D eigenvalue weighted by Crippen LogP contribution is -2.19. The van der Waals surface area contributed by atoms with Gasteiger partial charge in [-0.3, -0.25) is 9.78 Å². The smallest absolute Gasteiger partial charge is 0.315 e. The summed E-state index contributed by atoms with van der Waals surface area (Å²) in [5, 5.41) is 0. The van der Waals surface area contributed by atoms with Crippen LogP contribution in [0.25, 0.3) is 0 Å². The molecule has 1 aromatic heterocycles. The summed E-state index contributed by atoms with van der Waals surface area (Å²) in [7, 11) is 0. The third-order valence-corrected chi connectivity index (χ3v) is 2.90. The van der Waals surface area contributed by atoms with E-state index in [1.54, 1.807) is 6.20 Å². The lowest BCUT2D eigenvalue weighted by molar-refractivity contribution is -0.145. The zero-order chi connectivity index (χ0) is 13.5. The minimum Gasteiger partial charge on any atom is -0.465 e. The first-order valence-corrected chi connectivity index (χ1v) is 6.42. The maximum absolute atomic E-state index is 12.1. The van der Waals surface area contributed by atoms with Gasteiger partial charge in [0.05, 0.1) is 12.3 Å². The topological polar surface area (TPSA) is 39.2 Å². The highest BCUT2D eigenvalue weighted by Crippen LogP contribution is 2.20. The number of pyridine rings is 1. The Morgan fingerprint density at radius 2 is 1.89 bits per heavy atom. The third kappa shape index (κ3) is 3.65. The Labute approximate surface area is 113 Å². The van der Waals surface area contributed by atoms with E-state index in [-0.39, 0.29) is 11.9 Å². The van der Waals surface area contributed by atoms with E-state index in [0.717, 1.165) is 11.3 Å². The van der Waals surface area contributed by atoms with Gasteiger partial charge in [-0.15, -0.1) is 0 Å². The van der Waals surface area contributed by atoms with Crippen LogP contribution in [-0.4, -0.2) is 17.6 Å². The van der Waals surface area contributed by atoms with Crippen molar-refractivity contribution in [2.75, 3.05) is 6.61 Å². The highest BCUT2D eigenvalue weighted by Gasteiger charge is 2.23. The van der Waals surface area contributed by atoms with E-state index in [1.807, 2.05) is 55.5 Å². The number of rotatable bonds is 5. The molecule has 0 spiro atoms. The molecular weight excluding hydrogens is 238 g/mol. The Bertz CT molecular complexity index is 511. The molecule has 2 aromatic rings. The molecule has 3 nitrogen and oxygen atoms in total. The predicted octanol–water partition coefficient (Wildman–Crippen LogP) is 2.97. The van der Waals surface area contributed by atoms with E-state index < -0.39 is 0 Å². The van der Waals surface area contributed by atoms with Crippen LogP contribution in [0.1, 0.15) is 24.1 Å². The van der Waals surface area contributed by atoms with E-state index in [4.69, 9.17) is 4.74 Å². The van der Waals surface area contributed by atoms with Gasteiger partial charge < -0.3 is 4.74 Å². The molecule has 0 aliphatic carbocycles. The van der Waals surface area contributed by atoms with Crippen LogP contribution in [0.3, 0.4) is 0 Å². The molecule has 1 aromatic carbocycles. The highest BCUT2D eigenvalue weighted by molar-refractivity contribution is 5.78. The van der Waals surface area contributed by atoms with E-state index in [1.165, 1.54) is 0 Å². The molecule has 0 aliphatic heterocycles. The van der Waals surface area contributed by atoms with Crippen molar-refractivity contribution in [1.29, 1.82) is 0 Å². The Morgan fingerprint density at radius 3 is 2.53 bits per heavy atom. The minimum atomic E-state index is -0.344. The van der Waals surface area contributed by atoms with Crippen molar-refractivity contribution in [2.24, 2.45) is 0 Å². The molecule has 0 N–H and O–H groups in total. The van der Waals surface area contributed by atoms with Crippen molar-refractivity contribution in [2.45, 2.75) is 19.3 Å². The number of carbonyl (C=O) groups is 1. The van der Waals surface area contributed by atoms with Crippen molar-refractivity contribution >= 4 is 5.97 Å².